The maximum atomic E-state index is 9.57. The number of hydrogen-bond acceptors (Lipinski definition) is 5. The smallest absolute Gasteiger partial charge is 0.134 e. The van der Waals surface area contributed by atoms with Gasteiger partial charge >= 0.3 is 0 Å². The minimum atomic E-state index is 0.764. The molecular formula is C21H25N3OS. The highest BCUT2D eigenvalue weighted by Gasteiger charge is 2.20. The van der Waals surface area contributed by atoms with Crippen LogP contribution < -0.4 is 9.64 Å². The molecule has 4 nitrogen and oxygen atoms in total. The van der Waals surface area contributed by atoms with E-state index in [4.69, 9.17) is 4.74 Å². The van der Waals surface area contributed by atoms with E-state index in [9.17, 15) is 5.26 Å². The predicted octanol–water partition coefficient (Wildman–Crippen LogP) is 5.10. The van der Waals surface area contributed by atoms with Crippen LogP contribution in [0.5, 0.6) is 5.75 Å². The van der Waals surface area contributed by atoms with Crippen molar-refractivity contribution in [3.05, 3.63) is 39.8 Å². The lowest BCUT2D eigenvalue weighted by atomic mass is 9.96. The molecule has 0 fully saturated rings. The molecule has 136 valence electrons. The monoisotopic (exact) mass is 367 g/mol. The van der Waals surface area contributed by atoms with E-state index >= 15 is 0 Å². The molecule has 0 atom stereocenters. The Kier molecular flexibility index (Phi) is 5.95. The summed E-state index contributed by atoms with van der Waals surface area (Å²) in [5, 5.41) is 10.4. The Morgan fingerprint density at radius 3 is 2.73 bits per heavy atom. The number of hydrogen-bond donors (Lipinski definition) is 0. The molecule has 1 heterocycles. The molecule has 0 spiro atoms. The summed E-state index contributed by atoms with van der Waals surface area (Å²) < 4.78 is 5.57. The molecule has 0 aliphatic heterocycles. The Morgan fingerprint density at radius 2 is 2.04 bits per heavy atom. The summed E-state index contributed by atoms with van der Waals surface area (Å²) in [4.78, 5) is 8.27. The molecule has 0 saturated heterocycles. The van der Waals surface area contributed by atoms with Crippen molar-refractivity contribution in [3.63, 3.8) is 0 Å². The third kappa shape index (κ3) is 3.61. The van der Waals surface area contributed by atoms with E-state index < -0.39 is 0 Å². The largest absolute Gasteiger partial charge is 0.496 e. The first-order chi connectivity index (χ1) is 12.7. The van der Waals surface area contributed by atoms with E-state index in [1.807, 2.05) is 12.3 Å². The second-order valence-electron chi connectivity index (χ2n) is 6.36. The fourth-order valence-electron chi connectivity index (χ4n) is 3.48. The van der Waals surface area contributed by atoms with Gasteiger partial charge in [0.15, 0.2) is 0 Å². The van der Waals surface area contributed by atoms with Crippen LogP contribution in [-0.4, -0.2) is 26.4 Å². The standard InChI is InChI=1S/C21H25N3OS/c1-4-24(5-2)16-11-10-15(19(12-16)25-3)14-23-21-18(13-22)17-8-6-7-9-20(17)26-21/h10-12,14H,4-9H2,1-3H3. The van der Waals surface area contributed by atoms with Gasteiger partial charge in [-0.05, 0) is 57.2 Å². The number of fused-ring (bicyclic) bond motifs is 1. The highest BCUT2D eigenvalue weighted by molar-refractivity contribution is 7.16. The van der Waals surface area contributed by atoms with Gasteiger partial charge < -0.3 is 9.64 Å². The van der Waals surface area contributed by atoms with E-state index in [0.29, 0.717) is 0 Å². The van der Waals surface area contributed by atoms with Crippen molar-refractivity contribution in [3.8, 4) is 11.8 Å². The minimum absolute atomic E-state index is 0.764. The second kappa shape index (κ2) is 8.37. The molecule has 0 amide bonds. The fourth-order valence-corrected chi connectivity index (χ4v) is 4.66. The molecular weight excluding hydrogens is 342 g/mol. The van der Waals surface area contributed by atoms with Crippen molar-refractivity contribution in [2.75, 3.05) is 25.1 Å². The number of methoxy groups -OCH3 is 1. The number of aryl methyl sites for hydroxylation is 1. The molecule has 1 aromatic carbocycles. The van der Waals surface area contributed by atoms with Gasteiger partial charge in [0, 0.05) is 41.5 Å². The van der Waals surface area contributed by atoms with Crippen molar-refractivity contribution >= 4 is 28.2 Å². The zero-order chi connectivity index (χ0) is 18.5. The highest BCUT2D eigenvalue weighted by Crippen LogP contribution is 2.39. The molecule has 0 unspecified atom stereocenters. The lowest BCUT2D eigenvalue weighted by Gasteiger charge is -2.21. The lowest BCUT2D eigenvalue weighted by molar-refractivity contribution is 0.414. The van der Waals surface area contributed by atoms with Crippen LogP contribution in [0.1, 0.15) is 48.3 Å². The van der Waals surface area contributed by atoms with Gasteiger partial charge in [-0.1, -0.05) is 0 Å². The summed E-state index contributed by atoms with van der Waals surface area (Å²) in [5.74, 6) is 0.804. The number of aliphatic imine (C=N–C) groups is 1. The van der Waals surface area contributed by atoms with Crippen LogP contribution in [0.25, 0.3) is 0 Å². The first kappa shape index (κ1) is 18.5. The van der Waals surface area contributed by atoms with Crippen LogP contribution in [-0.2, 0) is 12.8 Å². The van der Waals surface area contributed by atoms with Crippen LogP contribution in [0.3, 0.4) is 0 Å². The summed E-state index contributed by atoms with van der Waals surface area (Å²) in [5.41, 5.74) is 4.06. The van der Waals surface area contributed by atoms with Gasteiger partial charge in [-0.2, -0.15) is 5.26 Å². The zero-order valence-corrected chi connectivity index (χ0v) is 16.5. The molecule has 1 aliphatic carbocycles. The van der Waals surface area contributed by atoms with Gasteiger partial charge in [-0.3, -0.25) is 0 Å². The SMILES string of the molecule is CCN(CC)c1ccc(C=Nc2sc3c(c2C#N)CCCC3)c(OC)c1. The van der Waals surface area contributed by atoms with Gasteiger partial charge in [-0.15, -0.1) is 11.3 Å². The molecule has 0 saturated carbocycles. The van der Waals surface area contributed by atoms with E-state index in [2.05, 4.69) is 41.9 Å². The average Bonchev–Trinajstić information content (AvgIpc) is 3.05. The summed E-state index contributed by atoms with van der Waals surface area (Å²) in [6, 6.07) is 8.56. The Hall–Kier alpha value is -2.32. The molecule has 26 heavy (non-hydrogen) atoms. The van der Waals surface area contributed by atoms with Gasteiger partial charge in [0.2, 0.25) is 0 Å². The van der Waals surface area contributed by atoms with Gasteiger partial charge in [0.05, 0.1) is 12.7 Å². The normalized spacial score (nSPS) is 13.5. The molecule has 1 aromatic heterocycles. The maximum Gasteiger partial charge on any atom is 0.134 e. The highest BCUT2D eigenvalue weighted by atomic mass is 32.1. The number of anilines is 1. The van der Waals surface area contributed by atoms with Crippen molar-refractivity contribution < 1.29 is 4.74 Å². The Morgan fingerprint density at radius 1 is 1.27 bits per heavy atom. The first-order valence-electron chi connectivity index (χ1n) is 9.23. The van der Waals surface area contributed by atoms with Gasteiger partial charge in [0.25, 0.3) is 0 Å². The summed E-state index contributed by atoms with van der Waals surface area (Å²) in [6.45, 7) is 6.21. The first-order valence-corrected chi connectivity index (χ1v) is 10.0. The third-order valence-corrected chi connectivity index (χ3v) is 6.13. The topological polar surface area (TPSA) is 48.6 Å². The number of benzene rings is 1. The van der Waals surface area contributed by atoms with Gasteiger partial charge in [-0.25, -0.2) is 4.99 Å². The minimum Gasteiger partial charge on any atom is -0.496 e. The van der Waals surface area contributed by atoms with E-state index in [1.54, 1.807) is 18.4 Å². The fraction of sp³-hybridized carbons (Fsp3) is 0.429. The van der Waals surface area contributed by atoms with E-state index in [-0.39, 0.29) is 0 Å². The van der Waals surface area contributed by atoms with Crippen molar-refractivity contribution in [1.29, 1.82) is 5.26 Å². The number of ether oxygens (including phenoxy) is 1. The average molecular weight is 368 g/mol. The van der Waals surface area contributed by atoms with Crippen LogP contribution in [0.2, 0.25) is 0 Å². The molecule has 5 heteroatoms. The number of thiophene rings is 1. The zero-order valence-electron chi connectivity index (χ0n) is 15.7. The molecule has 1 aliphatic rings. The van der Waals surface area contributed by atoms with Crippen molar-refractivity contribution in [2.24, 2.45) is 4.99 Å². The Bertz CT molecular complexity index is 844. The lowest BCUT2D eigenvalue weighted by Crippen LogP contribution is -2.21. The third-order valence-electron chi connectivity index (χ3n) is 4.93. The quantitative estimate of drug-likeness (QED) is 0.667. The maximum absolute atomic E-state index is 9.57. The van der Waals surface area contributed by atoms with Crippen molar-refractivity contribution in [2.45, 2.75) is 39.5 Å². The second-order valence-corrected chi connectivity index (χ2v) is 7.44. The Labute approximate surface area is 159 Å². The Balaban J connectivity index is 1.91. The van der Waals surface area contributed by atoms with Crippen molar-refractivity contribution in [1.82, 2.24) is 0 Å². The van der Waals surface area contributed by atoms with Gasteiger partial charge in [0.1, 0.15) is 16.8 Å². The van der Waals surface area contributed by atoms with Crippen LogP contribution in [0, 0.1) is 11.3 Å². The van der Waals surface area contributed by atoms with E-state index in [0.717, 1.165) is 53.5 Å². The molecule has 0 radical (unpaired) electrons. The van der Waals surface area contributed by atoms with E-state index in [1.165, 1.54) is 23.3 Å². The van der Waals surface area contributed by atoms with Crippen LogP contribution in [0.15, 0.2) is 23.2 Å². The summed E-state index contributed by atoms with van der Waals surface area (Å²) in [7, 11) is 1.68. The molecule has 0 bridgehead atoms. The van der Waals surface area contributed by atoms with Crippen LogP contribution >= 0.6 is 11.3 Å². The molecule has 0 N–H and O–H groups in total. The number of nitriles is 1. The van der Waals surface area contributed by atoms with Crippen LogP contribution in [0.4, 0.5) is 10.7 Å². The summed E-state index contributed by atoms with van der Waals surface area (Å²) in [6.07, 6.45) is 6.28. The predicted molar refractivity (Wildman–Crippen MR) is 109 cm³/mol. The molecule has 3 rings (SSSR count). The molecule has 2 aromatic rings. The number of rotatable bonds is 6. The number of nitrogens with zero attached hydrogens (tertiary/aromatic N) is 3. The summed E-state index contributed by atoms with van der Waals surface area (Å²) >= 11 is 1.67.